The number of aryl methyl sites for hydroxylation is 1. The lowest BCUT2D eigenvalue weighted by atomic mass is 10.1. The third-order valence-electron chi connectivity index (χ3n) is 3.88. The molecule has 1 aliphatic heterocycles. The maximum absolute atomic E-state index is 12.7. The van der Waals surface area contributed by atoms with Crippen LogP contribution in [0.2, 0.25) is 0 Å². The monoisotopic (exact) mass is 288 g/mol. The molecule has 0 saturated carbocycles. The fraction of sp³-hybridized carbons (Fsp3) is 0.533. The zero-order valence-corrected chi connectivity index (χ0v) is 12.6. The second kappa shape index (κ2) is 5.35. The summed E-state index contributed by atoms with van der Waals surface area (Å²) in [4.78, 5) is 14.6. The van der Waals surface area contributed by atoms with Crippen molar-refractivity contribution in [2.75, 3.05) is 6.54 Å². The summed E-state index contributed by atoms with van der Waals surface area (Å²) in [6.45, 7) is 6.70. The zero-order chi connectivity index (χ0) is 15.0. The molecule has 0 aromatic carbocycles. The molecule has 1 aliphatic rings. The Morgan fingerprint density at radius 3 is 2.90 bits per heavy atom. The first-order valence-electron chi connectivity index (χ1n) is 7.34. The van der Waals surface area contributed by atoms with Gasteiger partial charge < -0.3 is 9.42 Å². The number of hydrogen-bond donors (Lipinski definition) is 0. The Morgan fingerprint density at radius 1 is 1.48 bits per heavy atom. The Balaban J connectivity index is 1.82. The second-order valence-corrected chi connectivity index (χ2v) is 5.82. The molecule has 112 valence electrons. The third-order valence-corrected chi connectivity index (χ3v) is 3.88. The Labute approximate surface area is 123 Å². The van der Waals surface area contributed by atoms with Gasteiger partial charge in [0.25, 0.3) is 5.91 Å². The van der Waals surface area contributed by atoms with Gasteiger partial charge in [-0.1, -0.05) is 5.16 Å². The summed E-state index contributed by atoms with van der Waals surface area (Å²) in [5.74, 6) is 0.793. The Bertz CT molecular complexity index is 644. The van der Waals surface area contributed by atoms with E-state index in [0.29, 0.717) is 5.56 Å². The van der Waals surface area contributed by atoms with Crippen molar-refractivity contribution in [1.82, 2.24) is 19.8 Å². The van der Waals surface area contributed by atoms with Gasteiger partial charge in [-0.05, 0) is 33.6 Å². The van der Waals surface area contributed by atoms with Crippen LogP contribution in [0.25, 0.3) is 0 Å². The molecule has 1 atom stereocenters. The van der Waals surface area contributed by atoms with Crippen molar-refractivity contribution in [2.45, 2.75) is 45.7 Å². The van der Waals surface area contributed by atoms with Crippen LogP contribution in [0.1, 0.15) is 60.6 Å². The minimum atomic E-state index is 0.0114. The molecule has 1 fully saturated rings. The number of aromatic nitrogens is 3. The Morgan fingerprint density at radius 2 is 2.29 bits per heavy atom. The van der Waals surface area contributed by atoms with Gasteiger partial charge >= 0.3 is 0 Å². The van der Waals surface area contributed by atoms with E-state index in [0.717, 1.165) is 30.8 Å². The van der Waals surface area contributed by atoms with E-state index in [1.54, 1.807) is 10.9 Å². The number of rotatable bonds is 3. The van der Waals surface area contributed by atoms with Crippen LogP contribution in [0, 0.1) is 6.92 Å². The van der Waals surface area contributed by atoms with Crippen LogP contribution in [0.15, 0.2) is 23.0 Å². The van der Waals surface area contributed by atoms with Crippen LogP contribution in [0.5, 0.6) is 0 Å². The number of carbonyl (C=O) groups is 1. The molecule has 21 heavy (non-hydrogen) atoms. The summed E-state index contributed by atoms with van der Waals surface area (Å²) < 4.78 is 6.95. The molecule has 6 heteroatoms. The molecule has 2 aromatic rings. The van der Waals surface area contributed by atoms with Crippen molar-refractivity contribution in [2.24, 2.45) is 0 Å². The molecular formula is C15H20N4O2. The van der Waals surface area contributed by atoms with E-state index in [-0.39, 0.29) is 18.0 Å². The second-order valence-electron chi connectivity index (χ2n) is 5.82. The van der Waals surface area contributed by atoms with Gasteiger partial charge in [0.15, 0.2) is 0 Å². The molecule has 0 spiro atoms. The average Bonchev–Trinajstić information content (AvgIpc) is 3.17. The van der Waals surface area contributed by atoms with Gasteiger partial charge in [-0.25, -0.2) is 0 Å². The van der Waals surface area contributed by atoms with Crippen LogP contribution in [-0.2, 0) is 0 Å². The van der Waals surface area contributed by atoms with Gasteiger partial charge in [0.2, 0.25) is 0 Å². The van der Waals surface area contributed by atoms with Crippen LogP contribution in [0.3, 0.4) is 0 Å². The lowest BCUT2D eigenvalue weighted by molar-refractivity contribution is 0.0730. The molecule has 6 nitrogen and oxygen atoms in total. The number of amides is 1. The van der Waals surface area contributed by atoms with E-state index in [2.05, 4.69) is 10.3 Å². The number of likely N-dealkylation sites (tertiary alicyclic amines) is 1. The largest absolute Gasteiger partial charge is 0.361 e. The van der Waals surface area contributed by atoms with E-state index in [1.165, 1.54) is 0 Å². The van der Waals surface area contributed by atoms with E-state index >= 15 is 0 Å². The minimum absolute atomic E-state index is 0.0114. The summed E-state index contributed by atoms with van der Waals surface area (Å²) in [5, 5.41) is 8.31. The van der Waals surface area contributed by atoms with Crippen molar-refractivity contribution >= 4 is 5.91 Å². The van der Waals surface area contributed by atoms with E-state index in [4.69, 9.17) is 4.52 Å². The highest BCUT2D eigenvalue weighted by atomic mass is 16.5. The van der Waals surface area contributed by atoms with E-state index in [9.17, 15) is 4.79 Å². The Kier molecular flexibility index (Phi) is 3.53. The van der Waals surface area contributed by atoms with Gasteiger partial charge in [-0.15, -0.1) is 0 Å². The summed E-state index contributed by atoms with van der Waals surface area (Å²) in [5.41, 5.74) is 1.48. The molecule has 1 saturated heterocycles. The van der Waals surface area contributed by atoms with Crippen LogP contribution < -0.4 is 0 Å². The summed E-state index contributed by atoms with van der Waals surface area (Å²) in [6, 6.07) is 2.17. The van der Waals surface area contributed by atoms with E-state index in [1.807, 2.05) is 37.9 Å². The summed E-state index contributed by atoms with van der Waals surface area (Å²) in [7, 11) is 0. The molecule has 0 bridgehead atoms. The number of nitrogens with zero attached hydrogens (tertiary/aromatic N) is 4. The summed E-state index contributed by atoms with van der Waals surface area (Å²) >= 11 is 0. The van der Waals surface area contributed by atoms with Crippen molar-refractivity contribution < 1.29 is 9.32 Å². The van der Waals surface area contributed by atoms with Crippen LogP contribution >= 0.6 is 0 Å². The van der Waals surface area contributed by atoms with Gasteiger partial charge in [0, 0.05) is 24.8 Å². The maximum atomic E-state index is 12.7. The fourth-order valence-corrected chi connectivity index (χ4v) is 2.76. The predicted octanol–water partition coefficient (Wildman–Crippen LogP) is 2.74. The molecular weight excluding hydrogens is 268 g/mol. The van der Waals surface area contributed by atoms with Crippen molar-refractivity contribution in [3.8, 4) is 0 Å². The lowest BCUT2D eigenvalue weighted by Gasteiger charge is -2.22. The predicted molar refractivity (Wildman–Crippen MR) is 76.9 cm³/mol. The molecule has 0 N–H and O–H groups in total. The smallest absolute Gasteiger partial charge is 0.257 e. The fourth-order valence-electron chi connectivity index (χ4n) is 2.76. The Hall–Kier alpha value is -2.11. The van der Waals surface area contributed by atoms with Crippen LogP contribution in [0.4, 0.5) is 0 Å². The van der Waals surface area contributed by atoms with Gasteiger partial charge in [0.1, 0.15) is 11.5 Å². The molecule has 0 unspecified atom stereocenters. The van der Waals surface area contributed by atoms with E-state index < -0.39 is 0 Å². The standard InChI is InChI=1S/C15H20N4O2/c1-10(2)19-9-12(8-16-19)15(20)18-6-4-5-14(18)13-7-11(3)21-17-13/h7-10,14H,4-6H2,1-3H3/t14-/m1/s1. The van der Waals surface area contributed by atoms with Crippen molar-refractivity contribution in [3.63, 3.8) is 0 Å². The molecule has 0 aliphatic carbocycles. The average molecular weight is 288 g/mol. The minimum Gasteiger partial charge on any atom is -0.361 e. The zero-order valence-electron chi connectivity index (χ0n) is 12.6. The molecule has 0 radical (unpaired) electrons. The first-order chi connectivity index (χ1) is 10.1. The third kappa shape index (κ3) is 2.57. The van der Waals surface area contributed by atoms with Crippen LogP contribution in [-0.4, -0.2) is 32.3 Å². The first kappa shape index (κ1) is 13.9. The highest BCUT2D eigenvalue weighted by molar-refractivity contribution is 5.94. The first-order valence-corrected chi connectivity index (χ1v) is 7.34. The SMILES string of the molecule is Cc1cc([C@H]2CCCN2C(=O)c2cnn(C(C)C)c2)no1. The molecule has 1 amide bonds. The van der Waals surface area contributed by atoms with Gasteiger partial charge in [-0.3, -0.25) is 9.48 Å². The molecule has 3 rings (SSSR count). The maximum Gasteiger partial charge on any atom is 0.257 e. The van der Waals surface area contributed by atoms with Crippen molar-refractivity contribution in [3.05, 3.63) is 35.5 Å². The normalized spacial score (nSPS) is 18.7. The highest BCUT2D eigenvalue weighted by Crippen LogP contribution is 2.32. The lowest BCUT2D eigenvalue weighted by Crippen LogP contribution is -2.30. The quantitative estimate of drug-likeness (QED) is 0.871. The number of carbonyl (C=O) groups excluding carboxylic acids is 1. The molecule has 3 heterocycles. The summed E-state index contributed by atoms with van der Waals surface area (Å²) in [6.07, 6.45) is 5.37. The van der Waals surface area contributed by atoms with Gasteiger partial charge in [-0.2, -0.15) is 5.10 Å². The van der Waals surface area contributed by atoms with Crippen molar-refractivity contribution in [1.29, 1.82) is 0 Å². The van der Waals surface area contributed by atoms with Gasteiger partial charge in [0.05, 0.1) is 17.8 Å². The topological polar surface area (TPSA) is 64.2 Å². The molecule has 2 aromatic heterocycles. The highest BCUT2D eigenvalue weighted by Gasteiger charge is 2.33. The number of hydrogen-bond acceptors (Lipinski definition) is 4.